The van der Waals surface area contributed by atoms with E-state index in [-0.39, 0.29) is 5.91 Å². The van der Waals surface area contributed by atoms with Crippen LogP contribution in [0.4, 0.5) is 5.69 Å². The number of rotatable bonds is 6. The number of nitrogens with zero attached hydrogens (tertiary/aromatic N) is 1. The average molecular weight is 283 g/mol. The van der Waals surface area contributed by atoms with Crippen molar-refractivity contribution in [2.75, 3.05) is 11.9 Å². The smallest absolute Gasteiger partial charge is 0.225 e. The van der Waals surface area contributed by atoms with E-state index >= 15 is 0 Å². The van der Waals surface area contributed by atoms with Crippen molar-refractivity contribution in [2.45, 2.75) is 26.8 Å². The number of anilines is 1. The summed E-state index contributed by atoms with van der Waals surface area (Å²) in [6, 6.07) is 9.85. The van der Waals surface area contributed by atoms with Crippen LogP contribution in [0.1, 0.15) is 23.1 Å². The molecule has 0 saturated carbocycles. The molecule has 2 rings (SSSR count). The van der Waals surface area contributed by atoms with Crippen LogP contribution in [0.15, 0.2) is 42.7 Å². The van der Waals surface area contributed by atoms with Crippen LogP contribution in [0.3, 0.4) is 0 Å². The number of pyridine rings is 1. The van der Waals surface area contributed by atoms with E-state index in [1.54, 1.807) is 6.20 Å². The molecule has 4 heteroatoms. The van der Waals surface area contributed by atoms with E-state index in [4.69, 9.17) is 0 Å². The summed E-state index contributed by atoms with van der Waals surface area (Å²) in [5.74, 6) is 0.0300. The Balaban J connectivity index is 1.74. The van der Waals surface area contributed by atoms with E-state index in [2.05, 4.69) is 15.6 Å². The minimum atomic E-state index is 0.0300. The summed E-state index contributed by atoms with van der Waals surface area (Å²) in [5, 5.41) is 6.20. The molecule has 0 spiro atoms. The fraction of sp³-hybridized carbons (Fsp3) is 0.294. The highest BCUT2D eigenvalue weighted by molar-refractivity contribution is 5.91. The molecule has 1 aromatic carbocycles. The Labute approximate surface area is 125 Å². The molecule has 110 valence electrons. The van der Waals surface area contributed by atoms with E-state index in [0.717, 1.165) is 23.4 Å². The zero-order chi connectivity index (χ0) is 15.1. The van der Waals surface area contributed by atoms with Crippen molar-refractivity contribution in [1.82, 2.24) is 10.3 Å². The molecule has 0 bridgehead atoms. The van der Waals surface area contributed by atoms with E-state index in [1.807, 2.05) is 50.4 Å². The lowest BCUT2D eigenvalue weighted by Crippen LogP contribution is -2.21. The predicted octanol–water partition coefficient (Wildman–Crippen LogP) is 2.82. The standard InChI is InChI=1S/C17H21N3O/c1-13-5-3-7-16(14(13)2)20-17(21)8-10-19-12-15-6-4-9-18-11-15/h3-7,9,11,19H,8,10,12H2,1-2H3,(H,20,21). The van der Waals surface area contributed by atoms with Crippen molar-refractivity contribution in [3.63, 3.8) is 0 Å². The van der Waals surface area contributed by atoms with Crippen LogP contribution in [0.5, 0.6) is 0 Å². The molecule has 1 heterocycles. The van der Waals surface area contributed by atoms with Crippen LogP contribution in [0.25, 0.3) is 0 Å². The second-order valence-corrected chi connectivity index (χ2v) is 5.08. The van der Waals surface area contributed by atoms with E-state index in [9.17, 15) is 4.79 Å². The Kier molecular flexibility index (Phi) is 5.46. The zero-order valence-corrected chi connectivity index (χ0v) is 12.5. The maximum Gasteiger partial charge on any atom is 0.225 e. The van der Waals surface area contributed by atoms with Gasteiger partial charge in [0.15, 0.2) is 0 Å². The normalized spacial score (nSPS) is 10.4. The largest absolute Gasteiger partial charge is 0.326 e. The van der Waals surface area contributed by atoms with Crippen LogP contribution in [0, 0.1) is 13.8 Å². The van der Waals surface area contributed by atoms with Gasteiger partial charge in [-0.05, 0) is 42.7 Å². The number of carbonyl (C=O) groups excluding carboxylic acids is 1. The Hall–Kier alpha value is -2.20. The van der Waals surface area contributed by atoms with Crippen LogP contribution in [-0.4, -0.2) is 17.4 Å². The lowest BCUT2D eigenvalue weighted by molar-refractivity contribution is -0.116. The van der Waals surface area contributed by atoms with Gasteiger partial charge in [0, 0.05) is 37.6 Å². The number of hydrogen-bond donors (Lipinski definition) is 2. The second-order valence-electron chi connectivity index (χ2n) is 5.08. The van der Waals surface area contributed by atoms with Gasteiger partial charge in [0.05, 0.1) is 0 Å². The SMILES string of the molecule is Cc1cccc(NC(=O)CCNCc2cccnc2)c1C. The van der Waals surface area contributed by atoms with Gasteiger partial charge < -0.3 is 10.6 Å². The first-order valence-electron chi connectivity index (χ1n) is 7.12. The number of benzene rings is 1. The fourth-order valence-corrected chi connectivity index (χ4v) is 2.04. The molecule has 2 aromatic rings. The molecule has 0 fully saturated rings. The van der Waals surface area contributed by atoms with Gasteiger partial charge in [-0.3, -0.25) is 9.78 Å². The molecule has 0 aliphatic heterocycles. The van der Waals surface area contributed by atoms with Crippen LogP contribution in [0.2, 0.25) is 0 Å². The topological polar surface area (TPSA) is 54.0 Å². The Morgan fingerprint density at radius 2 is 2.05 bits per heavy atom. The summed E-state index contributed by atoms with van der Waals surface area (Å²) in [6.07, 6.45) is 4.03. The summed E-state index contributed by atoms with van der Waals surface area (Å²) in [7, 11) is 0. The molecule has 2 N–H and O–H groups in total. The summed E-state index contributed by atoms with van der Waals surface area (Å²) < 4.78 is 0. The molecule has 4 nitrogen and oxygen atoms in total. The number of amides is 1. The van der Waals surface area contributed by atoms with Gasteiger partial charge in [-0.25, -0.2) is 0 Å². The summed E-state index contributed by atoms with van der Waals surface area (Å²) in [4.78, 5) is 16.0. The summed E-state index contributed by atoms with van der Waals surface area (Å²) in [5.41, 5.74) is 4.32. The van der Waals surface area contributed by atoms with Crippen molar-refractivity contribution in [3.05, 3.63) is 59.4 Å². The molecular formula is C17H21N3O. The van der Waals surface area contributed by atoms with E-state index < -0.39 is 0 Å². The Morgan fingerprint density at radius 3 is 2.81 bits per heavy atom. The quantitative estimate of drug-likeness (QED) is 0.802. The van der Waals surface area contributed by atoms with E-state index in [1.165, 1.54) is 5.56 Å². The lowest BCUT2D eigenvalue weighted by Gasteiger charge is -2.10. The maximum absolute atomic E-state index is 11.9. The fourth-order valence-electron chi connectivity index (χ4n) is 2.04. The first-order chi connectivity index (χ1) is 10.2. The average Bonchev–Trinajstić information content (AvgIpc) is 2.49. The maximum atomic E-state index is 11.9. The van der Waals surface area contributed by atoms with Crippen molar-refractivity contribution in [1.29, 1.82) is 0 Å². The molecule has 0 aliphatic rings. The van der Waals surface area contributed by atoms with Gasteiger partial charge in [-0.1, -0.05) is 18.2 Å². The molecule has 0 atom stereocenters. The third kappa shape index (κ3) is 4.68. The number of carbonyl (C=O) groups is 1. The van der Waals surface area contributed by atoms with Crippen LogP contribution < -0.4 is 10.6 Å². The van der Waals surface area contributed by atoms with Gasteiger partial charge in [-0.2, -0.15) is 0 Å². The molecular weight excluding hydrogens is 262 g/mol. The predicted molar refractivity (Wildman–Crippen MR) is 85.1 cm³/mol. The summed E-state index contributed by atoms with van der Waals surface area (Å²) >= 11 is 0. The van der Waals surface area contributed by atoms with Gasteiger partial charge in [-0.15, -0.1) is 0 Å². The summed E-state index contributed by atoms with van der Waals surface area (Å²) in [6.45, 7) is 5.43. The first-order valence-corrected chi connectivity index (χ1v) is 7.12. The molecule has 21 heavy (non-hydrogen) atoms. The Morgan fingerprint density at radius 1 is 1.19 bits per heavy atom. The molecule has 1 aromatic heterocycles. The first kappa shape index (κ1) is 15.2. The monoisotopic (exact) mass is 283 g/mol. The van der Waals surface area contributed by atoms with Gasteiger partial charge >= 0.3 is 0 Å². The number of hydrogen-bond acceptors (Lipinski definition) is 3. The molecule has 0 radical (unpaired) electrons. The third-order valence-electron chi connectivity index (χ3n) is 3.46. The third-order valence-corrected chi connectivity index (χ3v) is 3.46. The second kappa shape index (κ2) is 7.55. The van der Waals surface area contributed by atoms with E-state index in [0.29, 0.717) is 13.0 Å². The van der Waals surface area contributed by atoms with Gasteiger partial charge in [0.2, 0.25) is 5.91 Å². The number of aryl methyl sites for hydroxylation is 1. The molecule has 0 aliphatic carbocycles. The van der Waals surface area contributed by atoms with Crippen molar-refractivity contribution in [3.8, 4) is 0 Å². The highest BCUT2D eigenvalue weighted by Crippen LogP contribution is 2.17. The minimum Gasteiger partial charge on any atom is -0.326 e. The minimum absolute atomic E-state index is 0.0300. The van der Waals surface area contributed by atoms with Crippen molar-refractivity contribution >= 4 is 11.6 Å². The van der Waals surface area contributed by atoms with Crippen LogP contribution in [-0.2, 0) is 11.3 Å². The number of nitrogens with one attached hydrogen (secondary N) is 2. The highest BCUT2D eigenvalue weighted by Gasteiger charge is 2.05. The highest BCUT2D eigenvalue weighted by atomic mass is 16.1. The van der Waals surface area contributed by atoms with Crippen molar-refractivity contribution < 1.29 is 4.79 Å². The van der Waals surface area contributed by atoms with Gasteiger partial charge in [0.1, 0.15) is 0 Å². The molecule has 0 saturated heterocycles. The lowest BCUT2D eigenvalue weighted by atomic mass is 10.1. The van der Waals surface area contributed by atoms with Gasteiger partial charge in [0.25, 0.3) is 0 Å². The molecule has 1 amide bonds. The zero-order valence-electron chi connectivity index (χ0n) is 12.5. The number of aromatic nitrogens is 1. The Bertz CT molecular complexity index is 596. The molecule has 0 unspecified atom stereocenters. The van der Waals surface area contributed by atoms with Crippen LogP contribution >= 0.6 is 0 Å². The van der Waals surface area contributed by atoms with Crippen molar-refractivity contribution in [2.24, 2.45) is 0 Å².